The van der Waals surface area contributed by atoms with E-state index in [-0.39, 0.29) is 0 Å². The van der Waals surface area contributed by atoms with Crippen LogP contribution in [0.5, 0.6) is 0 Å². The van der Waals surface area contributed by atoms with Gasteiger partial charge in [-0.1, -0.05) is 77.8 Å². The molecule has 0 aliphatic rings. The van der Waals surface area contributed by atoms with Gasteiger partial charge in [-0.25, -0.2) is 4.98 Å². The molecule has 23 heavy (non-hydrogen) atoms. The lowest BCUT2D eigenvalue weighted by atomic mass is 10.0. The van der Waals surface area contributed by atoms with Crippen molar-refractivity contribution in [2.45, 2.75) is 0 Å². The molecule has 112 valence electrons. The normalized spacial score (nSPS) is 11.0. The lowest BCUT2D eigenvalue weighted by Gasteiger charge is -2.02. The quantitative estimate of drug-likeness (QED) is 0.439. The number of imidazole rings is 1. The summed E-state index contributed by atoms with van der Waals surface area (Å²) < 4.78 is 1.85. The summed E-state index contributed by atoms with van der Waals surface area (Å²) in [5.74, 6) is 0. The Balaban J connectivity index is 1.75. The van der Waals surface area contributed by atoms with E-state index in [0.29, 0.717) is 15.7 Å². The van der Waals surface area contributed by atoms with Crippen molar-refractivity contribution in [3.63, 3.8) is 0 Å². The van der Waals surface area contributed by atoms with Crippen LogP contribution in [0, 0.1) is 0 Å². The zero-order valence-corrected chi connectivity index (χ0v) is 13.6. The van der Waals surface area contributed by atoms with Gasteiger partial charge in [-0.2, -0.15) is 0 Å². The maximum absolute atomic E-state index is 6.20. The number of nitrogens with zero attached hydrogens (tertiary/aromatic N) is 2. The molecule has 4 rings (SSSR count). The molecular formula is C19H12Cl2N2. The van der Waals surface area contributed by atoms with Crippen molar-refractivity contribution in [1.29, 1.82) is 0 Å². The highest BCUT2D eigenvalue weighted by atomic mass is 35.5. The molecule has 0 spiro atoms. The molecule has 4 aromatic rings. The Morgan fingerprint density at radius 1 is 0.739 bits per heavy atom. The summed E-state index contributed by atoms with van der Waals surface area (Å²) in [6.07, 6.45) is 3.74. The van der Waals surface area contributed by atoms with Crippen LogP contribution in [0.4, 0.5) is 0 Å². The van der Waals surface area contributed by atoms with E-state index in [4.69, 9.17) is 23.2 Å². The Labute approximate surface area is 143 Å². The molecule has 0 bridgehead atoms. The first-order chi connectivity index (χ1) is 11.2. The maximum atomic E-state index is 6.20. The van der Waals surface area contributed by atoms with Crippen LogP contribution in [0.3, 0.4) is 0 Å². The number of pyridine rings is 1. The first-order valence-electron chi connectivity index (χ1n) is 7.20. The van der Waals surface area contributed by atoms with Crippen LogP contribution in [0.1, 0.15) is 0 Å². The van der Waals surface area contributed by atoms with Crippen molar-refractivity contribution in [2.75, 3.05) is 0 Å². The Morgan fingerprint density at radius 2 is 1.39 bits per heavy atom. The number of benzene rings is 2. The van der Waals surface area contributed by atoms with Crippen molar-refractivity contribution in [2.24, 2.45) is 0 Å². The highest BCUT2D eigenvalue weighted by molar-refractivity contribution is 6.36. The second-order valence-electron chi connectivity index (χ2n) is 5.31. The standard InChI is InChI=1S/C19H12Cl2N2/c20-16-10-17(21)19-22-18(12-23(19)11-16)15-8-6-14(7-9-15)13-4-2-1-3-5-13/h1-12H. The van der Waals surface area contributed by atoms with E-state index >= 15 is 0 Å². The fourth-order valence-corrected chi connectivity index (χ4v) is 3.16. The molecule has 2 aromatic heterocycles. The molecule has 0 unspecified atom stereocenters. The summed E-state index contributed by atoms with van der Waals surface area (Å²) >= 11 is 12.2. The highest BCUT2D eigenvalue weighted by Gasteiger charge is 2.08. The third-order valence-corrected chi connectivity index (χ3v) is 4.25. The van der Waals surface area contributed by atoms with Gasteiger partial charge in [0.2, 0.25) is 0 Å². The van der Waals surface area contributed by atoms with Crippen LogP contribution in [0.15, 0.2) is 73.1 Å². The van der Waals surface area contributed by atoms with E-state index in [1.54, 1.807) is 12.3 Å². The fraction of sp³-hybridized carbons (Fsp3) is 0. The molecule has 0 radical (unpaired) electrons. The molecule has 0 aliphatic heterocycles. The number of aromatic nitrogens is 2. The van der Waals surface area contributed by atoms with Gasteiger partial charge >= 0.3 is 0 Å². The predicted octanol–water partition coefficient (Wildman–Crippen LogP) is 5.98. The van der Waals surface area contributed by atoms with Gasteiger partial charge in [-0.05, 0) is 17.2 Å². The summed E-state index contributed by atoms with van der Waals surface area (Å²) in [6, 6.07) is 20.3. The van der Waals surface area contributed by atoms with Crippen molar-refractivity contribution in [1.82, 2.24) is 9.38 Å². The summed E-state index contributed by atoms with van der Waals surface area (Å²) in [5, 5.41) is 1.13. The van der Waals surface area contributed by atoms with Gasteiger partial charge in [0.1, 0.15) is 0 Å². The first-order valence-corrected chi connectivity index (χ1v) is 7.96. The van der Waals surface area contributed by atoms with E-state index in [2.05, 4.69) is 41.4 Å². The van der Waals surface area contributed by atoms with E-state index in [0.717, 1.165) is 11.3 Å². The monoisotopic (exact) mass is 338 g/mol. The topological polar surface area (TPSA) is 17.3 Å². The second kappa shape index (κ2) is 5.73. The van der Waals surface area contributed by atoms with Gasteiger partial charge in [-0.15, -0.1) is 0 Å². The average molecular weight is 339 g/mol. The van der Waals surface area contributed by atoms with Gasteiger partial charge in [0.05, 0.1) is 15.7 Å². The van der Waals surface area contributed by atoms with Crippen molar-refractivity contribution in [3.05, 3.63) is 83.1 Å². The summed E-state index contributed by atoms with van der Waals surface area (Å²) in [4.78, 5) is 4.60. The fourth-order valence-electron chi connectivity index (χ4n) is 2.63. The van der Waals surface area contributed by atoms with E-state index in [1.165, 1.54) is 11.1 Å². The lowest BCUT2D eigenvalue weighted by molar-refractivity contribution is 1.19. The molecule has 2 heterocycles. The van der Waals surface area contributed by atoms with Crippen LogP contribution in [0.25, 0.3) is 28.0 Å². The Hall–Kier alpha value is -2.29. The maximum Gasteiger partial charge on any atom is 0.156 e. The minimum absolute atomic E-state index is 0.546. The Bertz CT molecular complexity index is 974. The summed E-state index contributed by atoms with van der Waals surface area (Å²) in [5.41, 5.74) is 5.00. The number of rotatable bonds is 2. The molecule has 4 heteroatoms. The van der Waals surface area contributed by atoms with Crippen molar-refractivity contribution in [3.8, 4) is 22.4 Å². The summed E-state index contributed by atoms with van der Waals surface area (Å²) in [6.45, 7) is 0. The van der Waals surface area contributed by atoms with Crippen molar-refractivity contribution >= 4 is 28.8 Å². The van der Waals surface area contributed by atoms with Gasteiger partial charge in [0.25, 0.3) is 0 Å². The molecule has 0 saturated heterocycles. The Morgan fingerprint density at radius 3 is 2.13 bits per heavy atom. The first kappa shape index (κ1) is 14.3. The zero-order chi connectivity index (χ0) is 15.8. The van der Waals surface area contributed by atoms with Crippen LogP contribution in [-0.2, 0) is 0 Å². The average Bonchev–Trinajstić information content (AvgIpc) is 3.00. The molecule has 2 aromatic carbocycles. The van der Waals surface area contributed by atoms with E-state index in [9.17, 15) is 0 Å². The highest BCUT2D eigenvalue weighted by Crippen LogP contribution is 2.27. The van der Waals surface area contributed by atoms with Crippen LogP contribution in [0.2, 0.25) is 10.0 Å². The third kappa shape index (κ3) is 2.72. The smallest absolute Gasteiger partial charge is 0.156 e. The SMILES string of the molecule is Clc1cc(Cl)c2nc(-c3ccc(-c4ccccc4)cc3)cn2c1. The summed E-state index contributed by atoms with van der Waals surface area (Å²) in [7, 11) is 0. The minimum atomic E-state index is 0.546. The van der Waals surface area contributed by atoms with Gasteiger partial charge < -0.3 is 4.40 Å². The van der Waals surface area contributed by atoms with Crippen LogP contribution in [-0.4, -0.2) is 9.38 Å². The molecule has 0 aliphatic carbocycles. The minimum Gasteiger partial charge on any atom is -0.304 e. The van der Waals surface area contributed by atoms with Gasteiger partial charge in [0, 0.05) is 18.0 Å². The molecule has 0 fully saturated rings. The van der Waals surface area contributed by atoms with Gasteiger partial charge in [0.15, 0.2) is 5.65 Å². The van der Waals surface area contributed by atoms with E-state index in [1.807, 2.05) is 28.8 Å². The molecule has 0 saturated carbocycles. The third-order valence-electron chi connectivity index (χ3n) is 3.76. The lowest BCUT2D eigenvalue weighted by Crippen LogP contribution is -1.82. The number of hydrogen-bond acceptors (Lipinski definition) is 1. The largest absolute Gasteiger partial charge is 0.304 e. The zero-order valence-electron chi connectivity index (χ0n) is 12.1. The number of halogens is 2. The molecule has 0 N–H and O–H groups in total. The number of fused-ring (bicyclic) bond motifs is 1. The predicted molar refractivity (Wildman–Crippen MR) is 96.1 cm³/mol. The second-order valence-corrected chi connectivity index (χ2v) is 6.15. The molecule has 0 amide bonds. The van der Waals surface area contributed by atoms with E-state index < -0.39 is 0 Å². The van der Waals surface area contributed by atoms with Gasteiger partial charge in [-0.3, -0.25) is 0 Å². The number of hydrogen-bond donors (Lipinski definition) is 0. The van der Waals surface area contributed by atoms with Crippen molar-refractivity contribution < 1.29 is 0 Å². The van der Waals surface area contributed by atoms with Crippen LogP contribution >= 0.6 is 23.2 Å². The Kier molecular flexibility index (Phi) is 3.56. The molecular weight excluding hydrogens is 327 g/mol. The molecule has 2 nitrogen and oxygen atoms in total. The van der Waals surface area contributed by atoms with Crippen LogP contribution < -0.4 is 0 Å². The molecule has 0 atom stereocenters.